The summed E-state index contributed by atoms with van der Waals surface area (Å²) in [7, 11) is 0. The van der Waals surface area contributed by atoms with Crippen molar-refractivity contribution < 1.29 is 0 Å². The van der Waals surface area contributed by atoms with Crippen LogP contribution in [0, 0.1) is 25.7 Å². The van der Waals surface area contributed by atoms with E-state index < -0.39 is 0 Å². The van der Waals surface area contributed by atoms with Gasteiger partial charge in [0.15, 0.2) is 0 Å². The highest BCUT2D eigenvalue weighted by Gasteiger charge is 2.18. The fraction of sp³-hybridized carbons (Fsp3) is 0.647. The molecule has 1 fully saturated rings. The van der Waals surface area contributed by atoms with Crippen LogP contribution >= 0.6 is 0 Å². The molecule has 0 amide bonds. The maximum Gasteiger partial charge on any atom is 0.0208 e. The van der Waals surface area contributed by atoms with Crippen molar-refractivity contribution in [3.8, 4) is 0 Å². The molecule has 0 saturated heterocycles. The number of aryl methyl sites for hydroxylation is 2. The van der Waals surface area contributed by atoms with Crippen LogP contribution in [0.1, 0.15) is 49.3 Å². The van der Waals surface area contributed by atoms with E-state index in [4.69, 9.17) is 0 Å². The quantitative estimate of drug-likeness (QED) is 0.837. The van der Waals surface area contributed by atoms with Crippen LogP contribution in [0.3, 0.4) is 0 Å². The molecule has 1 nitrogen and oxygen atoms in total. The molecule has 1 aliphatic rings. The van der Waals surface area contributed by atoms with Gasteiger partial charge in [-0.1, -0.05) is 43.5 Å². The van der Waals surface area contributed by atoms with Crippen molar-refractivity contribution in [2.24, 2.45) is 11.8 Å². The first kappa shape index (κ1) is 13.6. The lowest BCUT2D eigenvalue weighted by Crippen LogP contribution is -2.26. The number of rotatable bonds is 4. The summed E-state index contributed by atoms with van der Waals surface area (Å²) < 4.78 is 0. The third kappa shape index (κ3) is 3.84. The molecule has 18 heavy (non-hydrogen) atoms. The molecule has 1 N–H and O–H groups in total. The highest BCUT2D eigenvalue weighted by atomic mass is 14.9. The Morgan fingerprint density at radius 1 is 1.22 bits per heavy atom. The van der Waals surface area contributed by atoms with Crippen molar-refractivity contribution >= 4 is 0 Å². The summed E-state index contributed by atoms with van der Waals surface area (Å²) in [5.74, 6) is 1.84. The normalized spacial score (nSPS) is 24.2. The summed E-state index contributed by atoms with van der Waals surface area (Å²) >= 11 is 0. The highest BCUT2D eigenvalue weighted by Crippen LogP contribution is 2.28. The summed E-state index contributed by atoms with van der Waals surface area (Å²) in [6, 6.07) is 6.74. The zero-order valence-electron chi connectivity index (χ0n) is 12.1. The number of hydrogen-bond donors (Lipinski definition) is 1. The second-order valence-electron chi connectivity index (χ2n) is 6.20. The minimum absolute atomic E-state index is 0.902. The molecule has 0 heterocycles. The smallest absolute Gasteiger partial charge is 0.0208 e. The predicted molar refractivity (Wildman–Crippen MR) is 78.7 cm³/mol. The van der Waals surface area contributed by atoms with Gasteiger partial charge in [0.1, 0.15) is 0 Å². The van der Waals surface area contributed by atoms with E-state index in [0.717, 1.165) is 18.4 Å². The molecule has 0 radical (unpaired) electrons. The van der Waals surface area contributed by atoms with E-state index in [0.29, 0.717) is 0 Å². The molecule has 1 aromatic rings. The van der Waals surface area contributed by atoms with E-state index >= 15 is 0 Å². The summed E-state index contributed by atoms with van der Waals surface area (Å²) in [6.45, 7) is 9.00. The minimum atomic E-state index is 0.902. The van der Waals surface area contributed by atoms with Gasteiger partial charge >= 0.3 is 0 Å². The van der Waals surface area contributed by atoms with E-state index in [-0.39, 0.29) is 0 Å². The number of nitrogens with one attached hydrogen (secondary N) is 1. The summed E-state index contributed by atoms with van der Waals surface area (Å²) in [6.07, 6.45) is 5.70. The molecule has 2 unspecified atom stereocenters. The van der Waals surface area contributed by atoms with Crippen molar-refractivity contribution in [2.75, 3.05) is 6.54 Å². The first-order valence-electron chi connectivity index (χ1n) is 7.42. The van der Waals surface area contributed by atoms with Crippen LogP contribution in [-0.4, -0.2) is 6.54 Å². The zero-order valence-corrected chi connectivity index (χ0v) is 12.1. The van der Waals surface area contributed by atoms with E-state index in [1.54, 1.807) is 0 Å². The topological polar surface area (TPSA) is 12.0 Å². The van der Waals surface area contributed by atoms with Crippen LogP contribution in [0.5, 0.6) is 0 Å². The highest BCUT2D eigenvalue weighted by molar-refractivity contribution is 5.30. The maximum atomic E-state index is 3.66. The lowest BCUT2D eigenvalue weighted by molar-refractivity contribution is 0.274. The predicted octanol–water partition coefficient (Wildman–Crippen LogP) is 4.22. The van der Waals surface area contributed by atoms with Crippen molar-refractivity contribution in [2.45, 2.75) is 53.0 Å². The molecular weight excluding hydrogens is 218 g/mol. The Morgan fingerprint density at radius 2 is 2.06 bits per heavy atom. The van der Waals surface area contributed by atoms with Gasteiger partial charge in [0.25, 0.3) is 0 Å². The molecule has 1 saturated carbocycles. The van der Waals surface area contributed by atoms with Gasteiger partial charge in [-0.3, -0.25) is 0 Å². The van der Waals surface area contributed by atoms with Crippen molar-refractivity contribution in [1.82, 2.24) is 5.32 Å². The van der Waals surface area contributed by atoms with Crippen LogP contribution in [0.4, 0.5) is 0 Å². The van der Waals surface area contributed by atoms with Crippen molar-refractivity contribution in [3.63, 3.8) is 0 Å². The second-order valence-corrected chi connectivity index (χ2v) is 6.20. The minimum Gasteiger partial charge on any atom is -0.312 e. The van der Waals surface area contributed by atoms with E-state index in [1.807, 2.05) is 0 Å². The molecule has 1 heteroatoms. The van der Waals surface area contributed by atoms with Gasteiger partial charge in [0.2, 0.25) is 0 Å². The fourth-order valence-corrected chi connectivity index (χ4v) is 3.15. The van der Waals surface area contributed by atoms with E-state index in [1.165, 1.54) is 48.9 Å². The first-order chi connectivity index (χ1) is 8.65. The summed E-state index contributed by atoms with van der Waals surface area (Å²) in [4.78, 5) is 0. The zero-order chi connectivity index (χ0) is 13.0. The summed E-state index contributed by atoms with van der Waals surface area (Å²) in [5.41, 5.74) is 4.23. The van der Waals surface area contributed by atoms with Crippen molar-refractivity contribution in [3.05, 3.63) is 34.9 Å². The molecule has 100 valence electrons. The second kappa shape index (κ2) is 6.38. The Balaban J connectivity index is 1.79. The van der Waals surface area contributed by atoms with Crippen molar-refractivity contribution in [1.29, 1.82) is 0 Å². The van der Waals surface area contributed by atoms with Gasteiger partial charge in [-0.15, -0.1) is 0 Å². The lowest BCUT2D eigenvalue weighted by atomic mass is 9.82. The van der Waals surface area contributed by atoms with Crippen LogP contribution in [-0.2, 0) is 6.54 Å². The van der Waals surface area contributed by atoms with Crippen LogP contribution in [0.25, 0.3) is 0 Å². The van der Waals surface area contributed by atoms with Crippen LogP contribution < -0.4 is 5.32 Å². The molecule has 0 bridgehead atoms. The Kier molecular flexibility index (Phi) is 4.82. The molecule has 1 aliphatic carbocycles. The molecule has 0 spiro atoms. The number of hydrogen-bond acceptors (Lipinski definition) is 1. The first-order valence-corrected chi connectivity index (χ1v) is 7.42. The lowest BCUT2D eigenvalue weighted by Gasteiger charge is -2.27. The molecule has 2 atom stereocenters. The molecule has 1 aromatic carbocycles. The van der Waals surface area contributed by atoms with Gasteiger partial charge in [0.05, 0.1) is 0 Å². The van der Waals surface area contributed by atoms with Gasteiger partial charge in [-0.05, 0) is 56.2 Å². The van der Waals surface area contributed by atoms with Gasteiger partial charge in [0, 0.05) is 6.54 Å². The maximum absolute atomic E-state index is 3.66. The van der Waals surface area contributed by atoms with E-state index in [9.17, 15) is 0 Å². The van der Waals surface area contributed by atoms with Gasteiger partial charge in [-0.2, -0.15) is 0 Å². The largest absolute Gasteiger partial charge is 0.312 e. The summed E-state index contributed by atoms with van der Waals surface area (Å²) in [5, 5.41) is 3.66. The number of benzene rings is 1. The standard InChI is InChI=1S/C17H27N/c1-13-5-4-6-16(9-13)11-18-12-17-10-14(2)7-8-15(17)3/h7-8,10,13,16,18H,4-6,9,11-12H2,1-3H3. The van der Waals surface area contributed by atoms with Crippen LogP contribution in [0.15, 0.2) is 18.2 Å². The molecular formula is C17H27N. The Bertz CT molecular complexity index is 383. The Morgan fingerprint density at radius 3 is 2.83 bits per heavy atom. The molecule has 0 aromatic heterocycles. The van der Waals surface area contributed by atoms with E-state index in [2.05, 4.69) is 44.3 Å². The SMILES string of the molecule is Cc1ccc(C)c(CNCC2CCCC(C)C2)c1. The van der Waals surface area contributed by atoms with Gasteiger partial charge in [-0.25, -0.2) is 0 Å². The van der Waals surface area contributed by atoms with Gasteiger partial charge < -0.3 is 5.32 Å². The average molecular weight is 245 g/mol. The molecule has 0 aliphatic heterocycles. The third-order valence-corrected chi connectivity index (χ3v) is 4.30. The monoisotopic (exact) mass is 245 g/mol. The van der Waals surface area contributed by atoms with Crippen LogP contribution in [0.2, 0.25) is 0 Å². The Hall–Kier alpha value is -0.820. The Labute approximate surface area is 112 Å². The fourth-order valence-electron chi connectivity index (χ4n) is 3.15. The molecule has 2 rings (SSSR count). The third-order valence-electron chi connectivity index (χ3n) is 4.30. The average Bonchev–Trinajstić information content (AvgIpc) is 2.34.